The van der Waals surface area contributed by atoms with Crippen molar-refractivity contribution in [2.75, 3.05) is 13.2 Å². The number of rotatable bonds is 9. The number of benzene rings is 2. The monoisotopic (exact) mass is 466 g/mol. The van der Waals surface area contributed by atoms with Crippen molar-refractivity contribution >= 4 is 22.6 Å². The second-order valence-corrected chi connectivity index (χ2v) is 7.84. The molecule has 140 valence electrons. The number of ether oxygens (including phenoxy) is 3. The number of halogens is 1. The van der Waals surface area contributed by atoms with E-state index in [4.69, 9.17) is 14.2 Å². The average Bonchev–Trinajstić information content (AvgIpc) is 2.69. The van der Waals surface area contributed by atoms with Crippen LogP contribution in [0.15, 0.2) is 48.5 Å². The Kier molecular flexibility index (Phi) is 8.39. The predicted octanol–water partition coefficient (Wildman–Crippen LogP) is 5.48. The number of aryl methyl sites for hydroxylation is 1. The first-order valence-electron chi connectivity index (χ1n) is 9.43. The highest BCUT2D eigenvalue weighted by molar-refractivity contribution is 14.1. The Morgan fingerprint density at radius 1 is 1.00 bits per heavy atom. The van der Waals surface area contributed by atoms with Crippen molar-refractivity contribution in [2.45, 2.75) is 51.6 Å². The normalized spacial score (nSPS) is 17.3. The highest BCUT2D eigenvalue weighted by Crippen LogP contribution is 2.19. The molecule has 0 bridgehead atoms. The van der Waals surface area contributed by atoms with Gasteiger partial charge < -0.3 is 14.2 Å². The van der Waals surface area contributed by atoms with Crippen LogP contribution in [-0.2, 0) is 33.8 Å². The van der Waals surface area contributed by atoms with Crippen molar-refractivity contribution in [3.05, 3.63) is 68.8 Å². The van der Waals surface area contributed by atoms with E-state index in [1.54, 1.807) is 0 Å². The predicted molar refractivity (Wildman–Crippen MR) is 112 cm³/mol. The standard InChI is InChI=1S/C22H27IO3/c23-21-15-19(16-26-22-10-4-5-14-25-22)11-12-20(21)17-24-13-6-9-18-7-2-1-3-8-18/h1-3,7-8,11-12,15,22H,4-6,9-10,13-14,16-17H2. The van der Waals surface area contributed by atoms with E-state index in [1.165, 1.54) is 26.7 Å². The summed E-state index contributed by atoms with van der Waals surface area (Å²) in [5.41, 5.74) is 3.80. The van der Waals surface area contributed by atoms with Gasteiger partial charge >= 0.3 is 0 Å². The Morgan fingerprint density at radius 2 is 1.88 bits per heavy atom. The van der Waals surface area contributed by atoms with Gasteiger partial charge in [-0.25, -0.2) is 0 Å². The Labute approximate surface area is 170 Å². The lowest BCUT2D eigenvalue weighted by Crippen LogP contribution is -2.22. The summed E-state index contributed by atoms with van der Waals surface area (Å²) in [6.07, 6.45) is 5.44. The largest absolute Gasteiger partial charge is 0.377 e. The van der Waals surface area contributed by atoms with Gasteiger partial charge in [0.1, 0.15) is 0 Å². The summed E-state index contributed by atoms with van der Waals surface area (Å²) in [7, 11) is 0. The minimum Gasteiger partial charge on any atom is -0.377 e. The van der Waals surface area contributed by atoms with E-state index >= 15 is 0 Å². The fourth-order valence-electron chi connectivity index (χ4n) is 3.03. The minimum atomic E-state index is -0.0333. The van der Waals surface area contributed by atoms with Crippen LogP contribution >= 0.6 is 22.6 Å². The van der Waals surface area contributed by atoms with E-state index in [-0.39, 0.29) is 6.29 Å². The molecule has 0 spiro atoms. The van der Waals surface area contributed by atoms with Crippen LogP contribution < -0.4 is 0 Å². The molecule has 0 amide bonds. The second kappa shape index (κ2) is 11.0. The fourth-order valence-corrected chi connectivity index (χ4v) is 3.77. The summed E-state index contributed by atoms with van der Waals surface area (Å²) in [5.74, 6) is 0. The van der Waals surface area contributed by atoms with Crippen LogP contribution in [-0.4, -0.2) is 19.5 Å². The Hall–Kier alpha value is -0.950. The molecule has 3 rings (SSSR count). The third-order valence-electron chi connectivity index (χ3n) is 4.55. The Balaban J connectivity index is 1.37. The van der Waals surface area contributed by atoms with Crippen LogP contribution in [0.25, 0.3) is 0 Å². The zero-order valence-electron chi connectivity index (χ0n) is 15.2. The lowest BCUT2D eigenvalue weighted by atomic mass is 10.1. The SMILES string of the molecule is Ic1cc(COC2CCCCO2)ccc1COCCCc1ccccc1. The van der Waals surface area contributed by atoms with Crippen molar-refractivity contribution in [3.8, 4) is 0 Å². The molecular formula is C22H27IO3. The van der Waals surface area contributed by atoms with Gasteiger partial charge in [-0.1, -0.05) is 42.5 Å². The van der Waals surface area contributed by atoms with Crippen LogP contribution in [0.4, 0.5) is 0 Å². The topological polar surface area (TPSA) is 27.7 Å². The first kappa shape index (κ1) is 19.8. The molecule has 0 saturated carbocycles. The van der Waals surface area contributed by atoms with E-state index < -0.39 is 0 Å². The van der Waals surface area contributed by atoms with Crippen LogP contribution in [0.2, 0.25) is 0 Å². The molecule has 1 saturated heterocycles. The van der Waals surface area contributed by atoms with Gasteiger partial charge in [-0.05, 0) is 77.5 Å². The van der Waals surface area contributed by atoms with Gasteiger partial charge in [0.15, 0.2) is 6.29 Å². The van der Waals surface area contributed by atoms with Crippen LogP contribution in [0.3, 0.4) is 0 Å². The molecule has 1 unspecified atom stereocenters. The van der Waals surface area contributed by atoms with Crippen molar-refractivity contribution in [3.63, 3.8) is 0 Å². The second-order valence-electron chi connectivity index (χ2n) is 6.67. The minimum absolute atomic E-state index is 0.0333. The number of hydrogen-bond donors (Lipinski definition) is 0. The van der Waals surface area contributed by atoms with Gasteiger partial charge in [-0.15, -0.1) is 0 Å². The van der Waals surface area contributed by atoms with Gasteiger partial charge in [-0.3, -0.25) is 0 Å². The lowest BCUT2D eigenvalue weighted by Gasteiger charge is -2.22. The molecule has 2 aromatic carbocycles. The van der Waals surface area contributed by atoms with Crippen molar-refractivity contribution < 1.29 is 14.2 Å². The van der Waals surface area contributed by atoms with Crippen LogP contribution in [0.5, 0.6) is 0 Å². The molecule has 26 heavy (non-hydrogen) atoms. The smallest absolute Gasteiger partial charge is 0.158 e. The molecule has 3 nitrogen and oxygen atoms in total. The summed E-state index contributed by atoms with van der Waals surface area (Å²) in [5, 5.41) is 0. The van der Waals surface area contributed by atoms with Crippen molar-refractivity contribution in [1.29, 1.82) is 0 Å². The molecule has 0 N–H and O–H groups in total. The summed E-state index contributed by atoms with van der Waals surface area (Å²) in [6.45, 7) is 2.89. The third kappa shape index (κ3) is 6.65. The molecule has 0 radical (unpaired) electrons. The summed E-state index contributed by atoms with van der Waals surface area (Å²) >= 11 is 2.38. The zero-order chi connectivity index (χ0) is 18.0. The first-order valence-corrected chi connectivity index (χ1v) is 10.5. The first-order chi connectivity index (χ1) is 12.8. The van der Waals surface area contributed by atoms with E-state index in [2.05, 4.69) is 71.1 Å². The van der Waals surface area contributed by atoms with Crippen molar-refractivity contribution in [2.24, 2.45) is 0 Å². The van der Waals surface area contributed by atoms with Crippen LogP contribution in [0.1, 0.15) is 42.4 Å². The van der Waals surface area contributed by atoms with Crippen LogP contribution in [0, 0.1) is 3.57 Å². The van der Waals surface area contributed by atoms with Crippen molar-refractivity contribution in [1.82, 2.24) is 0 Å². The molecule has 0 aliphatic carbocycles. The highest BCUT2D eigenvalue weighted by Gasteiger charge is 2.14. The maximum atomic E-state index is 5.86. The third-order valence-corrected chi connectivity index (χ3v) is 5.55. The lowest BCUT2D eigenvalue weighted by molar-refractivity contribution is -0.168. The summed E-state index contributed by atoms with van der Waals surface area (Å²) < 4.78 is 18.6. The highest BCUT2D eigenvalue weighted by atomic mass is 127. The maximum absolute atomic E-state index is 5.86. The van der Waals surface area contributed by atoms with E-state index in [0.717, 1.165) is 38.9 Å². The molecule has 1 heterocycles. The molecule has 1 aliphatic rings. The molecule has 2 aromatic rings. The molecule has 4 heteroatoms. The van der Waals surface area contributed by atoms with Gasteiger partial charge in [-0.2, -0.15) is 0 Å². The number of hydrogen-bond acceptors (Lipinski definition) is 3. The van der Waals surface area contributed by atoms with Gasteiger partial charge in [0, 0.05) is 16.8 Å². The average molecular weight is 466 g/mol. The molecule has 0 aromatic heterocycles. The molecule has 1 aliphatic heterocycles. The molecule has 1 fully saturated rings. The van der Waals surface area contributed by atoms with E-state index in [0.29, 0.717) is 13.2 Å². The van der Waals surface area contributed by atoms with E-state index in [1.807, 2.05) is 0 Å². The quantitative estimate of drug-likeness (QED) is 0.362. The molecule has 1 atom stereocenters. The fraction of sp³-hybridized carbons (Fsp3) is 0.455. The van der Waals surface area contributed by atoms with E-state index in [9.17, 15) is 0 Å². The maximum Gasteiger partial charge on any atom is 0.158 e. The van der Waals surface area contributed by atoms with Gasteiger partial charge in [0.2, 0.25) is 0 Å². The Morgan fingerprint density at radius 3 is 2.65 bits per heavy atom. The Bertz CT molecular complexity index is 654. The van der Waals surface area contributed by atoms with Gasteiger partial charge in [0.25, 0.3) is 0 Å². The summed E-state index contributed by atoms with van der Waals surface area (Å²) in [4.78, 5) is 0. The summed E-state index contributed by atoms with van der Waals surface area (Å²) in [6, 6.07) is 17.0. The zero-order valence-corrected chi connectivity index (χ0v) is 17.3. The van der Waals surface area contributed by atoms with Gasteiger partial charge in [0.05, 0.1) is 13.2 Å². The molecular weight excluding hydrogens is 439 g/mol.